The maximum atomic E-state index is 12.3. The van der Waals surface area contributed by atoms with Gasteiger partial charge in [-0.25, -0.2) is 13.2 Å². The molecule has 1 N–H and O–H groups in total. The number of hydrogen-bond donors (Lipinski definition) is 1. The lowest BCUT2D eigenvalue weighted by molar-refractivity contribution is -0.140. The number of hydrogen-bond acceptors (Lipinski definition) is 6. The molecule has 31 heavy (non-hydrogen) atoms. The number of sulfone groups is 1. The number of carbonyl (C=O) groups excluding carboxylic acids is 1. The van der Waals surface area contributed by atoms with Crippen LogP contribution in [0.1, 0.15) is 31.7 Å². The van der Waals surface area contributed by atoms with Crippen LogP contribution in [0.3, 0.4) is 0 Å². The fraction of sp³-hybridized carbons (Fsp3) is 0.545. The molecule has 168 valence electrons. The van der Waals surface area contributed by atoms with Gasteiger partial charge in [0.05, 0.1) is 6.54 Å². The van der Waals surface area contributed by atoms with E-state index >= 15 is 0 Å². The second-order valence-electron chi connectivity index (χ2n) is 8.43. The Morgan fingerprint density at radius 3 is 2.52 bits per heavy atom. The summed E-state index contributed by atoms with van der Waals surface area (Å²) in [4.78, 5) is 25.2. The van der Waals surface area contributed by atoms with Crippen molar-refractivity contribution >= 4 is 27.6 Å². The van der Waals surface area contributed by atoms with Gasteiger partial charge >= 0.3 is 12.1 Å². The van der Waals surface area contributed by atoms with Gasteiger partial charge in [-0.1, -0.05) is 11.8 Å². The summed E-state index contributed by atoms with van der Waals surface area (Å²) in [5.74, 6) is 5.91. The number of carboxylic acid groups (broad SMARTS) is 1. The molecule has 1 amide bonds. The SMILES string of the molecule is COCC1CC(C#Cc2ccc(N3CC(CC(C)(C(=O)O)S(C)(=O)=O)OC3=O)cc2)C1. The molecule has 1 aliphatic carbocycles. The predicted molar refractivity (Wildman–Crippen MR) is 115 cm³/mol. The number of cyclic esters (lactones) is 1. The highest BCUT2D eigenvalue weighted by Crippen LogP contribution is 2.33. The third kappa shape index (κ3) is 5.02. The van der Waals surface area contributed by atoms with Gasteiger partial charge in [0.2, 0.25) is 0 Å². The van der Waals surface area contributed by atoms with E-state index in [1.807, 2.05) is 12.1 Å². The smallest absolute Gasteiger partial charge is 0.414 e. The molecule has 2 unspecified atom stereocenters. The normalized spacial score (nSPS) is 25.1. The predicted octanol–water partition coefficient (Wildman–Crippen LogP) is 2.31. The van der Waals surface area contributed by atoms with Crippen LogP contribution in [-0.4, -0.2) is 63.0 Å². The van der Waals surface area contributed by atoms with Crippen LogP contribution in [0.4, 0.5) is 10.5 Å². The van der Waals surface area contributed by atoms with Crippen molar-refractivity contribution in [2.75, 3.05) is 31.4 Å². The Bertz CT molecular complexity index is 1000. The van der Waals surface area contributed by atoms with Crippen molar-refractivity contribution < 1.29 is 32.6 Å². The van der Waals surface area contributed by atoms with Crippen molar-refractivity contribution in [3.63, 3.8) is 0 Å². The zero-order chi connectivity index (χ0) is 22.8. The van der Waals surface area contributed by atoms with Gasteiger partial charge < -0.3 is 14.6 Å². The number of anilines is 1. The minimum Gasteiger partial charge on any atom is -0.480 e. The van der Waals surface area contributed by atoms with E-state index in [9.17, 15) is 23.1 Å². The van der Waals surface area contributed by atoms with Crippen molar-refractivity contribution in [3.8, 4) is 11.8 Å². The minimum absolute atomic E-state index is 0.0746. The molecule has 1 aromatic carbocycles. The summed E-state index contributed by atoms with van der Waals surface area (Å²) in [6.45, 7) is 1.98. The lowest BCUT2D eigenvalue weighted by atomic mass is 9.76. The number of ether oxygens (including phenoxy) is 2. The number of rotatable bonds is 7. The van der Waals surface area contributed by atoms with Crippen LogP contribution in [0.15, 0.2) is 24.3 Å². The standard InChI is InChI=1S/C22H27NO7S/c1-22(20(24)25,31(3,27)28)12-19-13-23(21(26)30-19)18-8-6-15(7-9-18)4-5-16-10-17(11-16)14-29-2/h6-9,16-17,19H,10-14H2,1-3H3,(H,24,25). The maximum Gasteiger partial charge on any atom is 0.414 e. The van der Waals surface area contributed by atoms with Crippen LogP contribution in [0.25, 0.3) is 0 Å². The average molecular weight is 450 g/mol. The van der Waals surface area contributed by atoms with Crippen molar-refractivity contribution in [1.29, 1.82) is 0 Å². The Morgan fingerprint density at radius 1 is 1.32 bits per heavy atom. The zero-order valence-corrected chi connectivity index (χ0v) is 18.6. The molecule has 2 fully saturated rings. The van der Waals surface area contributed by atoms with Crippen molar-refractivity contribution in [3.05, 3.63) is 29.8 Å². The number of nitrogens with zero attached hydrogens (tertiary/aromatic N) is 1. The first-order valence-corrected chi connectivity index (χ1v) is 11.9. The molecule has 0 aromatic heterocycles. The zero-order valence-electron chi connectivity index (χ0n) is 17.8. The van der Waals surface area contributed by atoms with Crippen LogP contribution in [-0.2, 0) is 24.1 Å². The van der Waals surface area contributed by atoms with E-state index in [0.717, 1.165) is 38.2 Å². The molecule has 2 atom stereocenters. The molecule has 1 saturated carbocycles. The van der Waals surface area contributed by atoms with Crippen LogP contribution >= 0.6 is 0 Å². The molecule has 0 spiro atoms. The van der Waals surface area contributed by atoms with E-state index in [2.05, 4.69) is 11.8 Å². The molecule has 1 heterocycles. The fourth-order valence-electron chi connectivity index (χ4n) is 3.81. The monoisotopic (exact) mass is 449 g/mol. The Hall–Kier alpha value is -2.57. The molecule has 1 aromatic rings. The highest BCUT2D eigenvalue weighted by atomic mass is 32.2. The summed E-state index contributed by atoms with van der Waals surface area (Å²) in [7, 11) is -2.20. The van der Waals surface area contributed by atoms with E-state index in [4.69, 9.17) is 9.47 Å². The average Bonchev–Trinajstić information content (AvgIpc) is 3.02. The maximum absolute atomic E-state index is 12.3. The first kappa shape index (κ1) is 23.1. The molecular weight excluding hydrogens is 422 g/mol. The van der Waals surface area contributed by atoms with Gasteiger partial charge in [-0.05, 0) is 49.9 Å². The lowest BCUT2D eigenvalue weighted by Crippen LogP contribution is -2.46. The van der Waals surface area contributed by atoms with Crippen molar-refractivity contribution in [1.82, 2.24) is 0 Å². The first-order chi connectivity index (χ1) is 14.5. The molecule has 3 rings (SSSR count). The summed E-state index contributed by atoms with van der Waals surface area (Å²) in [5, 5.41) is 9.41. The van der Waals surface area contributed by atoms with Crippen LogP contribution in [0, 0.1) is 23.7 Å². The molecular formula is C22H27NO7S. The molecule has 1 aliphatic heterocycles. The summed E-state index contributed by atoms with van der Waals surface area (Å²) < 4.78 is 32.3. The molecule has 8 nitrogen and oxygen atoms in total. The van der Waals surface area contributed by atoms with E-state index in [-0.39, 0.29) is 13.0 Å². The second kappa shape index (κ2) is 8.89. The topological polar surface area (TPSA) is 110 Å². The Morgan fingerprint density at radius 2 is 1.97 bits per heavy atom. The fourth-order valence-corrected chi connectivity index (χ4v) is 4.61. The Kier molecular flexibility index (Phi) is 6.62. The van der Waals surface area contributed by atoms with Gasteiger partial charge in [0.1, 0.15) is 6.10 Å². The van der Waals surface area contributed by atoms with Crippen LogP contribution in [0.2, 0.25) is 0 Å². The number of carbonyl (C=O) groups is 2. The number of aliphatic carboxylic acids is 1. The first-order valence-electron chi connectivity index (χ1n) is 10.0. The van der Waals surface area contributed by atoms with E-state index in [1.165, 1.54) is 4.90 Å². The van der Waals surface area contributed by atoms with Gasteiger partial charge in [0.15, 0.2) is 14.6 Å². The van der Waals surface area contributed by atoms with Gasteiger partial charge in [0.25, 0.3) is 0 Å². The van der Waals surface area contributed by atoms with Crippen molar-refractivity contribution in [2.45, 2.75) is 37.0 Å². The van der Waals surface area contributed by atoms with E-state index in [0.29, 0.717) is 17.5 Å². The summed E-state index contributed by atoms with van der Waals surface area (Å²) in [5.41, 5.74) is 1.41. The quantitative estimate of drug-likeness (QED) is 0.636. The molecule has 1 saturated heterocycles. The summed E-state index contributed by atoms with van der Waals surface area (Å²) in [6.07, 6.45) is 1.16. The van der Waals surface area contributed by atoms with Gasteiger partial charge in [-0.15, -0.1) is 0 Å². The van der Waals surface area contributed by atoms with Crippen molar-refractivity contribution in [2.24, 2.45) is 11.8 Å². The van der Waals surface area contributed by atoms with E-state index < -0.39 is 32.8 Å². The minimum atomic E-state index is -3.91. The Balaban J connectivity index is 1.62. The highest BCUT2D eigenvalue weighted by Gasteiger charge is 2.48. The third-order valence-corrected chi connectivity index (χ3v) is 7.98. The van der Waals surface area contributed by atoms with Gasteiger partial charge in [-0.2, -0.15) is 0 Å². The number of amides is 1. The molecule has 0 bridgehead atoms. The Labute approximate surface area is 182 Å². The van der Waals surface area contributed by atoms with Gasteiger partial charge in [0, 0.05) is 43.6 Å². The summed E-state index contributed by atoms with van der Waals surface area (Å²) in [6, 6.07) is 7.11. The number of benzene rings is 1. The lowest BCUT2D eigenvalue weighted by Gasteiger charge is -2.30. The molecule has 9 heteroatoms. The summed E-state index contributed by atoms with van der Waals surface area (Å²) >= 11 is 0. The molecule has 2 aliphatic rings. The second-order valence-corrected chi connectivity index (χ2v) is 10.9. The number of carboxylic acids is 1. The third-order valence-electron chi connectivity index (χ3n) is 6.00. The molecule has 0 radical (unpaired) electrons. The van der Waals surface area contributed by atoms with Gasteiger partial charge in [-0.3, -0.25) is 9.69 Å². The highest BCUT2D eigenvalue weighted by molar-refractivity contribution is 7.92. The largest absolute Gasteiger partial charge is 0.480 e. The van der Waals surface area contributed by atoms with E-state index in [1.54, 1.807) is 19.2 Å². The van der Waals surface area contributed by atoms with Crippen LogP contribution < -0.4 is 4.90 Å². The van der Waals surface area contributed by atoms with Crippen LogP contribution in [0.5, 0.6) is 0 Å². The number of methoxy groups -OCH3 is 1.